The van der Waals surface area contributed by atoms with Gasteiger partial charge in [-0.25, -0.2) is 0 Å². The third kappa shape index (κ3) is 45.3. The van der Waals surface area contributed by atoms with Crippen LogP contribution in [0, 0.1) is 11.8 Å². The van der Waals surface area contributed by atoms with E-state index >= 15 is 0 Å². The van der Waals surface area contributed by atoms with Crippen LogP contribution in [0.2, 0.25) is 0 Å². The number of carbonyl (C=O) groups excluding carboxylic acids is 3. The molecule has 0 aliphatic carbocycles. The molecule has 57 heavy (non-hydrogen) atoms. The molecule has 0 aromatic carbocycles. The van der Waals surface area contributed by atoms with Crippen LogP contribution in [0.15, 0.2) is 0 Å². The maximum Gasteiger partial charge on any atom is 0.306 e. The van der Waals surface area contributed by atoms with Crippen LogP contribution in [0.3, 0.4) is 0 Å². The molecule has 0 aliphatic heterocycles. The van der Waals surface area contributed by atoms with Gasteiger partial charge in [0.15, 0.2) is 6.10 Å². The lowest BCUT2D eigenvalue weighted by Crippen LogP contribution is -2.30. The van der Waals surface area contributed by atoms with E-state index in [2.05, 4.69) is 34.6 Å². The number of esters is 3. The van der Waals surface area contributed by atoms with Gasteiger partial charge in [-0.15, -0.1) is 0 Å². The fourth-order valence-electron chi connectivity index (χ4n) is 7.64. The van der Waals surface area contributed by atoms with Gasteiger partial charge in [0.1, 0.15) is 13.2 Å². The van der Waals surface area contributed by atoms with Crippen LogP contribution in [0.5, 0.6) is 0 Å². The van der Waals surface area contributed by atoms with Crippen molar-refractivity contribution in [2.45, 2.75) is 285 Å². The molecule has 0 heterocycles. The van der Waals surface area contributed by atoms with E-state index < -0.39 is 6.10 Å². The summed E-state index contributed by atoms with van der Waals surface area (Å²) in [6.07, 6.45) is 43.9. The fourth-order valence-corrected chi connectivity index (χ4v) is 7.64. The second-order valence-electron chi connectivity index (χ2n) is 18.4. The normalized spacial score (nSPS) is 12.1. The van der Waals surface area contributed by atoms with Gasteiger partial charge in [0.2, 0.25) is 0 Å². The van der Waals surface area contributed by atoms with Crippen LogP contribution in [-0.4, -0.2) is 37.2 Å². The molecule has 0 aromatic rings. The minimum atomic E-state index is -0.761. The third-order valence-corrected chi connectivity index (χ3v) is 11.5. The van der Waals surface area contributed by atoms with E-state index in [0.29, 0.717) is 19.3 Å². The molecule has 0 aliphatic rings. The van der Waals surface area contributed by atoms with Crippen LogP contribution in [-0.2, 0) is 28.6 Å². The Bertz CT molecular complexity index is 870. The molecular formula is C51H98O6. The fraction of sp³-hybridized carbons (Fsp3) is 0.941. The van der Waals surface area contributed by atoms with Gasteiger partial charge in [-0.2, -0.15) is 0 Å². The Balaban J connectivity index is 4.20. The average Bonchev–Trinajstić information content (AvgIpc) is 3.18. The van der Waals surface area contributed by atoms with Gasteiger partial charge in [0, 0.05) is 19.3 Å². The monoisotopic (exact) mass is 807 g/mol. The molecule has 0 unspecified atom stereocenters. The van der Waals surface area contributed by atoms with E-state index in [4.69, 9.17) is 14.2 Å². The van der Waals surface area contributed by atoms with Gasteiger partial charge < -0.3 is 14.2 Å². The molecule has 0 bridgehead atoms. The van der Waals surface area contributed by atoms with E-state index in [1.165, 1.54) is 167 Å². The summed E-state index contributed by atoms with van der Waals surface area (Å²) in [5, 5.41) is 0. The highest BCUT2D eigenvalue weighted by molar-refractivity contribution is 5.71. The van der Waals surface area contributed by atoms with E-state index in [9.17, 15) is 14.4 Å². The molecule has 0 spiro atoms. The van der Waals surface area contributed by atoms with Gasteiger partial charge in [-0.05, 0) is 31.1 Å². The van der Waals surface area contributed by atoms with E-state index in [-0.39, 0.29) is 31.1 Å². The minimum Gasteiger partial charge on any atom is -0.462 e. The van der Waals surface area contributed by atoms with Crippen LogP contribution in [0.25, 0.3) is 0 Å². The Morgan fingerprint density at radius 1 is 0.333 bits per heavy atom. The minimum absolute atomic E-state index is 0.0649. The summed E-state index contributed by atoms with van der Waals surface area (Å²) in [4.78, 5) is 37.8. The van der Waals surface area contributed by atoms with Crippen molar-refractivity contribution < 1.29 is 28.6 Å². The lowest BCUT2D eigenvalue weighted by Gasteiger charge is -2.18. The summed E-state index contributed by atoms with van der Waals surface area (Å²) in [5.74, 6) is 0.756. The molecule has 0 N–H and O–H groups in total. The quantitative estimate of drug-likeness (QED) is 0.0346. The van der Waals surface area contributed by atoms with Crippen molar-refractivity contribution in [3.63, 3.8) is 0 Å². The Hall–Kier alpha value is -1.59. The topological polar surface area (TPSA) is 78.9 Å². The van der Waals surface area contributed by atoms with Crippen LogP contribution >= 0.6 is 0 Å². The highest BCUT2D eigenvalue weighted by Gasteiger charge is 2.19. The number of carbonyl (C=O) groups is 3. The summed E-state index contributed by atoms with van der Waals surface area (Å²) < 4.78 is 16.7. The zero-order chi connectivity index (χ0) is 41.9. The van der Waals surface area contributed by atoms with Crippen molar-refractivity contribution in [2.24, 2.45) is 11.8 Å². The summed E-state index contributed by atoms with van der Waals surface area (Å²) in [5.41, 5.74) is 0. The third-order valence-electron chi connectivity index (χ3n) is 11.5. The van der Waals surface area contributed by atoms with Gasteiger partial charge in [0.05, 0.1) is 0 Å². The first kappa shape index (κ1) is 55.4. The van der Waals surface area contributed by atoms with Gasteiger partial charge in [-0.1, -0.05) is 240 Å². The molecule has 1 atom stereocenters. The molecule has 0 radical (unpaired) electrons. The van der Waals surface area contributed by atoms with Crippen LogP contribution in [0.1, 0.15) is 279 Å². The van der Waals surface area contributed by atoms with Crippen molar-refractivity contribution in [1.82, 2.24) is 0 Å². The lowest BCUT2D eigenvalue weighted by molar-refractivity contribution is -0.167. The first-order chi connectivity index (χ1) is 27.7. The smallest absolute Gasteiger partial charge is 0.306 e. The molecule has 338 valence electrons. The summed E-state index contributed by atoms with van der Waals surface area (Å²) in [6.45, 7) is 11.3. The SMILES string of the molecule is CCCCCCCCCCCCCC(=O)OC[C@H](COC(=O)CCCCCCCCCCCCCCCCCCC(C)C)OC(=O)CCCCCCCCC(C)C. The highest BCUT2D eigenvalue weighted by atomic mass is 16.6. The van der Waals surface area contributed by atoms with E-state index in [1.54, 1.807) is 0 Å². The predicted octanol–water partition coefficient (Wildman–Crippen LogP) is 16.1. The van der Waals surface area contributed by atoms with Crippen molar-refractivity contribution in [2.75, 3.05) is 13.2 Å². The molecular weight excluding hydrogens is 709 g/mol. The van der Waals surface area contributed by atoms with Crippen molar-refractivity contribution in [1.29, 1.82) is 0 Å². The number of ether oxygens (including phenoxy) is 3. The Labute approximate surface area is 355 Å². The summed E-state index contributed by atoms with van der Waals surface area (Å²) in [6, 6.07) is 0. The first-order valence-corrected chi connectivity index (χ1v) is 25.2. The highest BCUT2D eigenvalue weighted by Crippen LogP contribution is 2.17. The first-order valence-electron chi connectivity index (χ1n) is 25.2. The molecule has 0 fully saturated rings. The number of hydrogen-bond acceptors (Lipinski definition) is 6. The lowest BCUT2D eigenvalue weighted by atomic mass is 10.0. The van der Waals surface area contributed by atoms with Gasteiger partial charge in [-0.3, -0.25) is 14.4 Å². The second-order valence-corrected chi connectivity index (χ2v) is 18.4. The molecule has 0 saturated heterocycles. The largest absolute Gasteiger partial charge is 0.462 e. The van der Waals surface area contributed by atoms with Crippen LogP contribution in [0.4, 0.5) is 0 Å². The molecule has 0 saturated carbocycles. The standard InChI is InChI=1S/C51H98O6/c1-6-7-8-9-10-11-18-22-25-31-36-41-49(52)55-44-48(57-51(54)43-38-33-28-27-30-35-40-47(4)5)45-56-50(53)42-37-32-26-23-20-17-15-13-12-14-16-19-21-24-29-34-39-46(2)3/h46-48H,6-45H2,1-5H3/t48-/m1/s1. The molecule has 0 amide bonds. The molecule has 0 rings (SSSR count). The van der Waals surface area contributed by atoms with Crippen LogP contribution < -0.4 is 0 Å². The van der Waals surface area contributed by atoms with Crippen molar-refractivity contribution in [3.05, 3.63) is 0 Å². The Kier molecular flexibility index (Phi) is 42.7. The zero-order valence-corrected chi connectivity index (χ0v) is 39.0. The van der Waals surface area contributed by atoms with Crippen molar-refractivity contribution >= 4 is 17.9 Å². The molecule has 6 nitrogen and oxygen atoms in total. The average molecular weight is 807 g/mol. The van der Waals surface area contributed by atoms with Gasteiger partial charge in [0.25, 0.3) is 0 Å². The van der Waals surface area contributed by atoms with E-state index in [1.807, 2.05) is 0 Å². The summed E-state index contributed by atoms with van der Waals surface area (Å²) in [7, 11) is 0. The number of unbranched alkanes of at least 4 members (excludes halogenated alkanes) is 30. The number of rotatable bonds is 45. The second kappa shape index (κ2) is 44.0. The van der Waals surface area contributed by atoms with Gasteiger partial charge >= 0.3 is 17.9 Å². The van der Waals surface area contributed by atoms with E-state index in [0.717, 1.165) is 69.6 Å². The Morgan fingerprint density at radius 2 is 0.579 bits per heavy atom. The Morgan fingerprint density at radius 3 is 0.860 bits per heavy atom. The maximum absolute atomic E-state index is 12.7. The molecule has 0 aromatic heterocycles. The summed E-state index contributed by atoms with van der Waals surface area (Å²) >= 11 is 0. The maximum atomic E-state index is 12.7. The van der Waals surface area contributed by atoms with Crippen molar-refractivity contribution in [3.8, 4) is 0 Å². The number of hydrogen-bond donors (Lipinski definition) is 0. The zero-order valence-electron chi connectivity index (χ0n) is 39.0. The predicted molar refractivity (Wildman–Crippen MR) is 243 cm³/mol. The molecule has 6 heteroatoms.